The minimum Gasteiger partial charge on any atom is -0.382 e. The van der Waals surface area contributed by atoms with E-state index in [-0.39, 0.29) is 23.3 Å². The fraction of sp³-hybridized carbons (Fsp3) is 0.0588. The molecule has 0 aliphatic carbocycles. The molecule has 0 atom stereocenters. The molecule has 28 heavy (non-hydrogen) atoms. The molecule has 11 heteroatoms. The van der Waals surface area contributed by atoms with Crippen LogP contribution in [0.5, 0.6) is 0 Å². The fourth-order valence-corrected chi connectivity index (χ4v) is 2.46. The third-order valence-corrected chi connectivity index (χ3v) is 3.76. The van der Waals surface area contributed by atoms with Crippen LogP contribution in [0.1, 0.15) is 5.69 Å². The molecule has 0 amide bonds. The first kappa shape index (κ1) is 17.0. The van der Waals surface area contributed by atoms with Gasteiger partial charge in [0.2, 0.25) is 0 Å². The SMILES string of the molecule is [C-]#[N+]c1cnn(-c2ncccn2)c1N=Nc1c(C)nn(-c2ccccn2)c1N. The van der Waals surface area contributed by atoms with Crippen LogP contribution >= 0.6 is 0 Å². The largest absolute Gasteiger partial charge is 0.382 e. The van der Waals surface area contributed by atoms with Gasteiger partial charge in [-0.2, -0.15) is 19.6 Å². The molecule has 4 heterocycles. The molecular formula is C17H13N11. The van der Waals surface area contributed by atoms with Gasteiger partial charge in [0, 0.05) is 18.6 Å². The van der Waals surface area contributed by atoms with Crippen molar-refractivity contribution in [3.8, 4) is 11.8 Å². The zero-order chi connectivity index (χ0) is 19.5. The van der Waals surface area contributed by atoms with Gasteiger partial charge in [0.1, 0.15) is 0 Å². The molecule has 0 radical (unpaired) electrons. The molecule has 0 saturated carbocycles. The predicted octanol–water partition coefficient (Wildman–Crippen LogP) is 3.10. The van der Waals surface area contributed by atoms with Gasteiger partial charge >= 0.3 is 0 Å². The number of hydrogen-bond donors (Lipinski definition) is 1. The molecule has 136 valence electrons. The Labute approximate surface area is 159 Å². The standard InChI is InChI=1S/C17H13N11/c1-11-14(15(18)27(26-11)13-6-3-4-7-20-13)24-25-16-12(19-2)10-23-28(16)17-21-8-5-9-22-17/h3-10H,18H2,1H3. The van der Waals surface area contributed by atoms with Crippen molar-refractivity contribution in [2.45, 2.75) is 6.92 Å². The fourth-order valence-electron chi connectivity index (χ4n) is 2.46. The van der Waals surface area contributed by atoms with Crippen LogP contribution in [0.2, 0.25) is 0 Å². The predicted molar refractivity (Wildman–Crippen MR) is 100 cm³/mol. The van der Waals surface area contributed by atoms with E-state index in [2.05, 4.69) is 40.2 Å². The summed E-state index contributed by atoms with van der Waals surface area (Å²) >= 11 is 0. The molecule has 2 N–H and O–H groups in total. The summed E-state index contributed by atoms with van der Waals surface area (Å²) in [6.45, 7) is 9.09. The molecule has 0 unspecified atom stereocenters. The zero-order valence-electron chi connectivity index (χ0n) is 14.7. The summed E-state index contributed by atoms with van der Waals surface area (Å²) in [7, 11) is 0. The summed E-state index contributed by atoms with van der Waals surface area (Å²) in [5.41, 5.74) is 7.35. The molecule has 4 aromatic rings. The van der Waals surface area contributed by atoms with E-state index in [1.165, 1.54) is 15.6 Å². The summed E-state index contributed by atoms with van der Waals surface area (Å²) in [5, 5.41) is 16.9. The maximum absolute atomic E-state index is 7.32. The van der Waals surface area contributed by atoms with Crippen molar-refractivity contribution in [2.75, 3.05) is 5.73 Å². The molecule has 0 spiro atoms. The maximum Gasteiger partial charge on any atom is 0.252 e. The van der Waals surface area contributed by atoms with E-state index < -0.39 is 0 Å². The average Bonchev–Trinajstić information content (AvgIpc) is 3.28. The van der Waals surface area contributed by atoms with E-state index in [1.807, 2.05) is 6.07 Å². The Kier molecular flexibility index (Phi) is 4.27. The van der Waals surface area contributed by atoms with Crippen molar-refractivity contribution in [1.29, 1.82) is 0 Å². The van der Waals surface area contributed by atoms with Crippen LogP contribution in [0.3, 0.4) is 0 Å². The highest BCUT2D eigenvalue weighted by Crippen LogP contribution is 2.34. The van der Waals surface area contributed by atoms with Gasteiger partial charge < -0.3 is 5.73 Å². The average molecular weight is 371 g/mol. The van der Waals surface area contributed by atoms with Crippen molar-refractivity contribution in [1.82, 2.24) is 34.5 Å². The Balaban J connectivity index is 1.76. The first-order chi connectivity index (χ1) is 13.7. The molecule has 0 bridgehead atoms. The van der Waals surface area contributed by atoms with Crippen molar-refractivity contribution in [3.63, 3.8) is 0 Å². The first-order valence-corrected chi connectivity index (χ1v) is 8.10. The number of pyridine rings is 1. The third-order valence-electron chi connectivity index (χ3n) is 3.76. The Bertz CT molecular complexity index is 1180. The Morgan fingerprint density at radius 3 is 2.54 bits per heavy atom. The molecule has 0 fully saturated rings. The normalized spacial score (nSPS) is 11.0. The number of nitrogens with two attached hydrogens (primary N) is 1. The molecule has 0 aliphatic heterocycles. The highest BCUT2D eigenvalue weighted by Gasteiger charge is 2.17. The van der Waals surface area contributed by atoms with Crippen molar-refractivity contribution < 1.29 is 0 Å². The minimum atomic E-state index is 0.200. The number of nitrogen functional groups attached to an aromatic ring is 1. The number of hydrogen-bond acceptors (Lipinski definition) is 8. The molecule has 0 aliphatic rings. The summed E-state index contributed by atoms with van der Waals surface area (Å²) in [4.78, 5) is 15.9. The van der Waals surface area contributed by atoms with Crippen LogP contribution in [0, 0.1) is 13.5 Å². The number of azo groups is 1. The van der Waals surface area contributed by atoms with Gasteiger partial charge in [0.25, 0.3) is 11.6 Å². The monoisotopic (exact) mass is 371 g/mol. The number of anilines is 1. The van der Waals surface area contributed by atoms with E-state index >= 15 is 0 Å². The lowest BCUT2D eigenvalue weighted by Gasteiger charge is -2.02. The van der Waals surface area contributed by atoms with Gasteiger partial charge in [-0.3, -0.25) is 0 Å². The summed E-state index contributed by atoms with van der Waals surface area (Å²) in [6.07, 6.45) is 6.17. The molecule has 4 aromatic heterocycles. The minimum absolute atomic E-state index is 0.200. The highest BCUT2D eigenvalue weighted by atomic mass is 15.4. The van der Waals surface area contributed by atoms with Crippen LogP contribution in [-0.4, -0.2) is 34.5 Å². The highest BCUT2D eigenvalue weighted by molar-refractivity contribution is 5.65. The lowest BCUT2D eigenvalue weighted by molar-refractivity contribution is 0.803. The van der Waals surface area contributed by atoms with Gasteiger partial charge in [-0.25, -0.2) is 19.8 Å². The van der Waals surface area contributed by atoms with Crippen LogP contribution < -0.4 is 5.73 Å². The van der Waals surface area contributed by atoms with Gasteiger partial charge in [-0.05, 0) is 25.1 Å². The maximum atomic E-state index is 7.32. The summed E-state index contributed by atoms with van der Waals surface area (Å²) in [6, 6.07) is 7.10. The van der Waals surface area contributed by atoms with Gasteiger partial charge in [0.15, 0.2) is 23.1 Å². The molecular weight excluding hydrogens is 358 g/mol. The molecule has 11 nitrogen and oxygen atoms in total. The van der Waals surface area contributed by atoms with E-state index in [0.717, 1.165) is 0 Å². The number of nitrogens with zero attached hydrogens (tertiary/aromatic N) is 10. The Morgan fingerprint density at radius 1 is 1.04 bits per heavy atom. The van der Waals surface area contributed by atoms with Crippen molar-refractivity contribution >= 4 is 23.0 Å². The second-order valence-electron chi connectivity index (χ2n) is 5.54. The van der Waals surface area contributed by atoms with E-state index in [1.54, 1.807) is 43.7 Å². The summed E-state index contributed by atoms with van der Waals surface area (Å²) in [5.74, 6) is 1.33. The third kappa shape index (κ3) is 2.95. The van der Waals surface area contributed by atoms with E-state index in [4.69, 9.17) is 12.3 Å². The van der Waals surface area contributed by atoms with Crippen LogP contribution in [-0.2, 0) is 0 Å². The first-order valence-electron chi connectivity index (χ1n) is 8.10. The van der Waals surface area contributed by atoms with Gasteiger partial charge in [-0.15, -0.1) is 10.2 Å². The lowest BCUT2D eigenvalue weighted by atomic mass is 10.4. The Hall–Kier alpha value is -4.46. The second kappa shape index (κ2) is 7.04. The molecule has 4 rings (SSSR count). The molecule has 0 aromatic carbocycles. The van der Waals surface area contributed by atoms with Crippen LogP contribution in [0.25, 0.3) is 16.6 Å². The Morgan fingerprint density at radius 2 is 1.82 bits per heavy atom. The smallest absolute Gasteiger partial charge is 0.252 e. The van der Waals surface area contributed by atoms with Crippen LogP contribution in [0.4, 0.5) is 23.0 Å². The second-order valence-corrected chi connectivity index (χ2v) is 5.54. The van der Waals surface area contributed by atoms with Gasteiger partial charge in [-0.1, -0.05) is 6.07 Å². The van der Waals surface area contributed by atoms with Crippen molar-refractivity contribution in [2.24, 2.45) is 10.2 Å². The topological polar surface area (TPSA) is 129 Å². The number of aryl methyl sites for hydroxylation is 1. The zero-order valence-corrected chi connectivity index (χ0v) is 14.7. The molecule has 0 saturated heterocycles. The summed E-state index contributed by atoms with van der Waals surface area (Å²) < 4.78 is 2.82. The van der Waals surface area contributed by atoms with Crippen LogP contribution in [0.15, 0.2) is 59.3 Å². The number of rotatable bonds is 4. The van der Waals surface area contributed by atoms with E-state index in [0.29, 0.717) is 17.2 Å². The lowest BCUT2D eigenvalue weighted by Crippen LogP contribution is -2.03. The quantitative estimate of drug-likeness (QED) is 0.433. The van der Waals surface area contributed by atoms with E-state index in [9.17, 15) is 0 Å². The van der Waals surface area contributed by atoms with Crippen molar-refractivity contribution in [3.05, 3.63) is 66.2 Å². The van der Waals surface area contributed by atoms with Gasteiger partial charge in [0.05, 0.1) is 18.5 Å². The number of aromatic nitrogens is 7.